The number of aromatic amines is 1. The normalized spacial score (nSPS) is 15.9. The lowest BCUT2D eigenvalue weighted by atomic mass is 9.99. The molecule has 12 heteroatoms. The number of pyridine rings is 1. The third kappa shape index (κ3) is 3.01. The van der Waals surface area contributed by atoms with E-state index in [1.54, 1.807) is 35.2 Å². The summed E-state index contributed by atoms with van der Waals surface area (Å²) in [5.41, 5.74) is 3.94. The Balaban J connectivity index is 1.41. The minimum atomic E-state index is -0.474. The second kappa shape index (κ2) is 7.25. The van der Waals surface area contributed by atoms with E-state index in [-0.39, 0.29) is 17.7 Å². The first kappa shape index (κ1) is 19.2. The molecule has 0 aliphatic carbocycles. The van der Waals surface area contributed by atoms with Gasteiger partial charge in [-0.05, 0) is 46.9 Å². The van der Waals surface area contributed by atoms with Gasteiger partial charge in [-0.15, -0.1) is 10.2 Å². The van der Waals surface area contributed by atoms with Gasteiger partial charge >= 0.3 is 11.8 Å². The molecule has 6 heterocycles. The van der Waals surface area contributed by atoms with Crippen molar-refractivity contribution in [3.05, 3.63) is 69.5 Å². The van der Waals surface area contributed by atoms with Gasteiger partial charge < -0.3 is 14.3 Å². The molecule has 0 unspecified atom stereocenters. The molecule has 5 aromatic rings. The molecular weight excluding hydrogens is 525 g/mol. The first-order chi connectivity index (χ1) is 15.6. The highest BCUT2D eigenvalue weighted by Crippen LogP contribution is 2.34. The van der Waals surface area contributed by atoms with E-state index in [9.17, 15) is 4.79 Å². The average Bonchev–Trinajstić information content (AvgIpc) is 3.57. The SMILES string of the molecule is Cn1ccc(-c2nnc(C(=O)N3CCc4[nH]cnc4[C@@H]3c3cc4cccc(I)n4n3)o2)n1. The summed E-state index contributed by atoms with van der Waals surface area (Å²) in [6.45, 7) is 0.463. The Labute approximate surface area is 194 Å². The molecule has 0 saturated carbocycles. The standard InChI is InChI=1S/C20H16IN9O2/c1-28-7-5-13(26-28)18-24-25-19(32-18)20(31)29-8-6-12-16(23-10-22-12)17(29)14-9-11-3-2-4-15(21)30(11)27-14/h2-5,7,9-10,17H,6,8H2,1H3,(H,22,23)/t17-/m0/s1. The molecule has 1 aliphatic heterocycles. The van der Waals surface area contributed by atoms with Crippen molar-refractivity contribution in [2.24, 2.45) is 7.05 Å². The number of carbonyl (C=O) groups excluding carboxylic acids is 1. The molecular formula is C20H16IN9O2. The molecule has 0 spiro atoms. The van der Waals surface area contributed by atoms with Crippen LogP contribution in [0.2, 0.25) is 0 Å². The number of carbonyl (C=O) groups is 1. The summed E-state index contributed by atoms with van der Waals surface area (Å²) in [5, 5.41) is 17.0. The molecule has 160 valence electrons. The van der Waals surface area contributed by atoms with Crippen molar-refractivity contribution in [1.82, 2.24) is 44.5 Å². The number of hydrogen-bond donors (Lipinski definition) is 1. The minimum Gasteiger partial charge on any atom is -0.411 e. The van der Waals surface area contributed by atoms with Crippen LogP contribution in [0.25, 0.3) is 17.1 Å². The van der Waals surface area contributed by atoms with Crippen molar-refractivity contribution < 1.29 is 9.21 Å². The topological polar surface area (TPSA) is 123 Å². The van der Waals surface area contributed by atoms with Gasteiger partial charge in [-0.2, -0.15) is 10.2 Å². The number of aryl methyl sites for hydroxylation is 1. The van der Waals surface area contributed by atoms with E-state index in [0.29, 0.717) is 18.7 Å². The number of amides is 1. The maximum Gasteiger partial charge on any atom is 0.312 e. The number of rotatable bonds is 3. The van der Waals surface area contributed by atoms with Gasteiger partial charge in [0, 0.05) is 31.9 Å². The Morgan fingerprint density at radius 3 is 2.97 bits per heavy atom. The summed E-state index contributed by atoms with van der Waals surface area (Å²) in [6.07, 6.45) is 4.06. The molecule has 6 rings (SSSR count). The molecule has 1 aliphatic rings. The second-order valence-corrected chi connectivity index (χ2v) is 8.56. The number of nitrogens with zero attached hydrogens (tertiary/aromatic N) is 8. The van der Waals surface area contributed by atoms with Crippen molar-refractivity contribution in [1.29, 1.82) is 0 Å². The predicted octanol–water partition coefficient (Wildman–Crippen LogP) is 2.23. The summed E-state index contributed by atoms with van der Waals surface area (Å²) in [6, 6.07) is 9.19. The number of H-pyrrole nitrogens is 1. The summed E-state index contributed by atoms with van der Waals surface area (Å²) in [4.78, 5) is 22.9. The van der Waals surface area contributed by atoms with E-state index in [4.69, 9.17) is 9.52 Å². The van der Waals surface area contributed by atoms with Gasteiger partial charge in [0.15, 0.2) is 0 Å². The molecule has 1 atom stereocenters. The number of aromatic nitrogens is 8. The monoisotopic (exact) mass is 541 g/mol. The molecule has 5 aromatic heterocycles. The van der Waals surface area contributed by atoms with Crippen LogP contribution in [-0.2, 0) is 13.5 Å². The van der Waals surface area contributed by atoms with Crippen molar-refractivity contribution in [3.8, 4) is 11.6 Å². The van der Waals surface area contributed by atoms with E-state index in [0.717, 1.165) is 26.3 Å². The zero-order valence-corrected chi connectivity index (χ0v) is 19.0. The number of halogens is 1. The molecule has 1 amide bonds. The van der Waals surface area contributed by atoms with Crippen LogP contribution >= 0.6 is 22.6 Å². The first-order valence-electron chi connectivity index (χ1n) is 9.89. The molecule has 0 bridgehead atoms. The molecule has 1 N–H and O–H groups in total. The molecule has 11 nitrogen and oxygen atoms in total. The lowest BCUT2D eigenvalue weighted by molar-refractivity contribution is 0.0646. The Bertz CT molecular complexity index is 1460. The average molecular weight is 541 g/mol. The van der Waals surface area contributed by atoms with Crippen LogP contribution in [0.3, 0.4) is 0 Å². The van der Waals surface area contributed by atoms with Crippen LogP contribution in [0, 0.1) is 3.70 Å². The summed E-state index contributed by atoms with van der Waals surface area (Å²) in [7, 11) is 1.79. The Morgan fingerprint density at radius 2 is 2.16 bits per heavy atom. The molecule has 0 fully saturated rings. The van der Waals surface area contributed by atoms with Crippen LogP contribution in [0.1, 0.15) is 33.8 Å². The zero-order valence-electron chi connectivity index (χ0n) is 16.8. The highest BCUT2D eigenvalue weighted by atomic mass is 127. The third-order valence-corrected chi connectivity index (χ3v) is 6.28. The largest absolute Gasteiger partial charge is 0.411 e. The summed E-state index contributed by atoms with van der Waals surface area (Å²) >= 11 is 2.24. The van der Waals surface area contributed by atoms with E-state index >= 15 is 0 Å². The third-order valence-electron chi connectivity index (χ3n) is 5.47. The van der Waals surface area contributed by atoms with Crippen molar-refractivity contribution in [2.75, 3.05) is 6.54 Å². The maximum atomic E-state index is 13.5. The number of imidazole rings is 1. The second-order valence-electron chi connectivity index (χ2n) is 7.46. The lowest BCUT2D eigenvalue weighted by Crippen LogP contribution is -2.41. The van der Waals surface area contributed by atoms with Crippen molar-refractivity contribution in [2.45, 2.75) is 12.5 Å². The van der Waals surface area contributed by atoms with Gasteiger partial charge in [-0.25, -0.2) is 9.50 Å². The van der Waals surface area contributed by atoms with Crippen LogP contribution in [0.5, 0.6) is 0 Å². The Morgan fingerprint density at radius 1 is 1.25 bits per heavy atom. The molecule has 0 radical (unpaired) electrons. The maximum absolute atomic E-state index is 13.5. The highest BCUT2D eigenvalue weighted by molar-refractivity contribution is 14.1. The quantitative estimate of drug-likeness (QED) is 0.275. The van der Waals surface area contributed by atoms with Gasteiger partial charge in [-0.1, -0.05) is 6.07 Å². The zero-order chi connectivity index (χ0) is 21.8. The molecule has 0 aromatic carbocycles. The van der Waals surface area contributed by atoms with E-state index in [1.807, 2.05) is 28.8 Å². The van der Waals surface area contributed by atoms with E-state index < -0.39 is 6.04 Å². The fraction of sp³-hybridized carbons (Fsp3) is 0.200. The first-order valence-corrected chi connectivity index (χ1v) is 11.0. The van der Waals surface area contributed by atoms with Gasteiger partial charge in [0.05, 0.1) is 23.2 Å². The van der Waals surface area contributed by atoms with Crippen LogP contribution in [0.15, 0.2) is 47.3 Å². The molecule has 32 heavy (non-hydrogen) atoms. The highest BCUT2D eigenvalue weighted by Gasteiger charge is 2.38. The smallest absolute Gasteiger partial charge is 0.312 e. The van der Waals surface area contributed by atoms with Crippen molar-refractivity contribution in [3.63, 3.8) is 0 Å². The van der Waals surface area contributed by atoms with Crippen LogP contribution in [-0.4, -0.2) is 56.9 Å². The Kier molecular flexibility index (Phi) is 4.34. The fourth-order valence-electron chi connectivity index (χ4n) is 3.99. The van der Waals surface area contributed by atoms with Crippen LogP contribution in [0.4, 0.5) is 0 Å². The van der Waals surface area contributed by atoms with Gasteiger partial charge in [-0.3, -0.25) is 9.48 Å². The van der Waals surface area contributed by atoms with Gasteiger partial charge in [0.2, 0.25) is 0 Å². The minimum absolute atomic E-state index is 0.0898. The fourth-order valence-corrected chi connectivity index (χ4v) is 4.59. The summed E-state index contributed by atoms with van der Waals surface area (Å²) in [5.74, 6) is -0.261. The number of fused-ring (bicyclic) bond motifs is 2. The predicted molar refractivity (Wildman–Crippen MR) is 120 cm³/mol. The molecule has 0 saturated heterocycles. The van der Waals surface area contributed by atoms with E-state index in [1.165, 1.54) is 0 Å². The Hall–Kier alpha value is -3.55. The number of nitrogens with one attached hydrogen (secondary N) is 1. The van der Waals surface area contributed by atoms with Crippen LogP contribution < -0.4 is 0 Å². The van der Waals surface area contributed by atoms with Gasteiger partial charge in [0.1, 0.15) is 15.4 Å². The van der Waals surface area contributed by atoms with Crippen molar-refractivity contribution >= 4 is 34.0 Å². The van der Waals surface area contributed by atoms with E-state index in [2.05, 4.69) is 47.9 Å². The number of hydrogen-bond acceptors (Lipinski definition) is 7. The lowest BCUT2D eigenvalue weighted by Gasteiger charge is -2.32. The van der Waals surface area contributed by atoms with Gasteiger partial charge in [0.25, 0.3) is 5.89 Å². The summed E-state index contributed by atoms with van der Waals surface area (Å²) < 4.78 is 10.1.